The molecule has 2 aromatic carbocycles. The number of fused-ring (bicyclic) bond motifs is 1. The van der Waals surface area contributed by atoms with Crippen LogP contribution in [-0.4, -0.2) is 18.0 Å². The van der Waals surface area contributed by atoms with Gasteiger partial charge in [0.1, 0.15) is 17.3 Å². The highest BCUT2D eigenvalue weighted by atomic mass is 35.5. The second kappa shape index (κ2) is 9.66. The van der Waals surface area contributed by atoms with Gasteiger partial charge in [0.05, 0.1) is 0 Å². The molecule has 2 unspecified atom stereocenters. The maximum Gasteiger partial charge on any atom is 0.153 e. The van der Waals surface area contributed by atoms with Gasteiger partial charge in [0, 0.05) is 12.6 Å². The van der Waals surface area contributed by atoms with Crippen molar-refractivity contribution in [1.29, 1.82) is 0 Å². The van der Waals surface area contributed by atoms with Crippen LogP contribution in [0.15, 0.2) is 53.5 Å². The molecule has 0 spiro atoms. The molecule has 2 aromatic rings. The monoisotopic (exact) mass is 381 g/mol. The zero-order valence-corrected chi connectivity index (χ0v) is 16.1. The van der Waals surface area contributed by atoms with Crippen LogP contribution in [0, 0.1) is 0 Å². The van der Waals surface area contributed by atoms with Gasteiger partial charge in [0.2, 0.25) is 0 Å². The van der Waals surface area contributed by atoms with Gasteiger partial charge in [-0.15, -0.1) is 24.8 Å². The number of benzene rings is 2. The molecule has 1 heterocycles. The number of ether oxygens (including phenoxy) is 1. The van der Waals surface area contributed by atoms with Crippen molar-refractivity contribution in [3.8, 4) is 5.75 Å². The quantitative estimate of drug-likeness (QED) is 0.821. The van der Waals surface area contributed by atoms with E-state index in [1.807, 2.05) is 19.1 Å². The topological polar surface area (TPSA) is 59.6 Å². The molecule has 136 valence electrons. The zero-order chi connectivity index (χ0) is 16.2. The number of hydrogen-bond donors (Lipinski definition) is 2. The third-order valence-corrected chi connectivity index (χ3v) is 4.03. The summed E-state index contributed by atoms with van der Waals surface area (Å²) in [4.78, 5) is 4.44. The number of nitrogens with zero attached hydrogens (tertiary/aromatic N) is 1. The molecule has 0 bridgehead atoms. The average molecular weight is 382 g/mol. The van der Waals surface area contributed by atoms with Gasteiger partial charge in [-0.25, -0.2) is 4.99 Å². The Labute approximate surface area is 161 Å². The first-order valence-corrected chi connectivity index (χ1v) is 8.03. The van der Waals surface area contributed by atoms with Gasteiger partial charge in [-0.3, -0.25) is 0 Å². The number of nitrogens with one attached hydrogen (secondary N) is 1. The largest absolute Gasteiger partial charge is 0.481 e. The van der Waals surface area contributed by atoms with Crippen molar-refractivity contribution in [2.45, 2.75) is 39.0 Å². The molecule has 3 rings (SSSR count). The van der Waals surface area contributed by atoms with Gasteiger partial charge in [-0.1, -0.05) is 36.4 Å². The summed E-state index contributed by atoms with van der Waals surface area (Å²) in [7, 11) is 0. The molecule has 0 aromatic heterocycles. The highest BCUT2D eigenvalue weighted by Gasteiger charge is 2.18. The lowest BCUT2D eigenvalue weighted by molar-refractivity contribution is 0.281. The molecule has 0 radical (unpaired) electrons. The van der Waals surface area contributed by atoms with Gasteiger partial charge in [-0.05, 0) is 43.5 Å². The third kappa shape index (κ3) is 5.63. The maximum absolute atomic E-state index is 5.87. The normalized spacial score (nSPS) is 16.4. The van der Waals surface area contributed by atoms with E-state index in [-0.39, 0.29) is 30.9 Å². The predicted molar refractivity (Wildman–Crippen MR) is 109 cm³/mol. The van der Waals surface area contributed by atoms with E-state index in [1.165, 1.54) is 11.1 Å². The summed E-state index contributed by atoms with van der Waals surface area (Å²) in [6.07, 6.45) is 0.783. The van der Waals surface area contributed by atoms with Crippen molar-refractivity contribution in [3.05, 3.63) is 59.7 Å². The highest BCUT2D eigenvalue weighted by Crippen LogP contribution is 2.33. The first-order chi connectivity index (χ1) is 11.1. The number of rotatable bonds is 5. The number of hydrogen-bond acceptors (Lipinski definition) is 4. The van der Waals surface area contributed by atoms with Gasteiger partial charge >= 0.3 is 0 Å². The minimum absolute atomic E-state index is 0. The van der Waals surface area contributed by atoms with Crippen LogP contribution in [0.1, 0.15) is 25.0 Å². The Hall–Kier alpha value is -1.75. The van der Waals surface area contributed by atoms with Gasteiger partial charge in [0.25, 0.3) is 0 Å². The summed E-state index contributed by atoms with van der Waals surface area (Å²) < 4.78 is 5.74. The molecule has 2 atom stereocenters. The summed E-state index contributed by atoms with van der Waals surface area (Å²) in [6.45, 7) is 4.97. The van der Waals surface area contributed by atoms with Crippen LogP contribution >= 0.6 is 24.8 Å². The summed E-state index contributed by atoms with van der Waals surface area (Å²) >= 11 is 0. The van der Waals surface area contributed by atoms with Crippen molar-refractivity contribution < 1.29 is 4.74 Å². The summed E-state index contributed by atoms with van der Waals surface area (Å²) in [5.41, 5.74) is 9.22. The van der Waals surface area contributed by atoms with Crippen LogP contribution in [0.25, 0.3) is 0 Å². The smallest absolute Gasteiger partial charge is 0.153 e. The second-order valence-corrected chi connectivity index (χ2v) is 6.07. The zero-order valence-electron chi connectivity index (χ0n) is 14.4. The van der Waals surface area contributed by atoms with Crippen LogP contribution in [0.2, 0.25) is 0 Å². The van der Waals surface area contributed by atoms with Crippen LogP contribution in [0.3, 0.4) is 0 Å². The van der Waals surface area contributed by atoms with Crippen LogP contribution < -0.4 is 15.8 Å². The average Bonchev–Trinajstić information content (AvgIpc) is 2.55. The van der Waals surface area contributed by atoms with E-state index in [0.717, 1.165) is 24.4 Å². The lowest BCUT2D eigenvalue weighted by Gasteiger charge is -2.22. The Kier molecular flexibility index (Phi) is 8.23. The molecular formula is C19H25Cl2N3O. The Morgan fingerprint density at radius 1 is 1.12 bits per heavy atom. The molecule has 25 heavy (non-hydrogen) atoms. The third-order valence-electron chi connectivity index (χ3n) is 4.03. The highest BCUT2D eigenvalue weighted by molar-refractivity contribution is 5.89. The molecule has 3 N–H and O–H groups in total. The fraction of sp³-hybridized carbons (Fsp3) is 0.316. The maximum atomic E-state index is 5.87. The van der Waals surface area contributed by atoms with Crippen molar-refractivity contribution in [3.63, 3.8) is 0 Å². The Bertz CT molecular complexity index is 707. The number of aliphatic imine (C=N–C) groups is 1. The van der Waals surface area contributed by atoms with Crippen LogP contribution in [0.4, 0.5) is 5.69 Å². The lowest BCUT2D eigenvalue weighted by atomic mass is 10.0. The molecule has 0 aliphatic carbocycles. The molecule has 1 aliphatic heterocycles. The molecule has 1 aliphatic rings. The fourth-order valence-corrected chi connectivity index (χ4v) is 2.67. The molecule has 0 saturated carbocycles. The molecule has 0 amide bonds. The van der Waals surface area contributed by atoms with Crippen LogP contribution in [-0.2, 0) is 13.0 Å². The summed E-state index contributed by atoms with van der Waals surface area (Å²) in [6, 6.07) is 17.0. The number of amidine groups is 1. The minimum atomic E-state index is -0.153. The minimum Gasteiger partial charge on any atom is -0.481 e. The van der Waals surface area contributed by atoms with Crippen molar-refractivity contribution in [2.75, 3.05) is 0 Å². The second-order valence-electron chi connectivity index (χ2n) is 6.07. The van der Waals surface area contributed by atoms with Gasteiger partial charge in [0.15, 0.2) is 6.10 Å². The van der Waals surface area contributed by atoms with E-state index in [9.17, 15) is 0 Å². The summed E-state index contributed by atoms with van der Waals surface area (Å²) in [5.74, 6) is 1.34. The Morgan fingerprint density at radius 3 is 2.56 bits per heavy atom. The molecule has 0 saturated heterocycles. The standard InChI is InChI=1S/C19H23N3O.2ClH/c1-13(21-12-15-6-4-3-5-7-15)10-16-8-9-18-17(11-16)22-19(20)14(2)23-18;;/h3-9,11,13-14,21H,10,12H2,1-2H3,(H2,20,22);2*1H. The molecule has 0 fully saturated rings. The van der Waals surface area contributed by atoms with Crippen molar-refractivity contribution in [1.82, 2.24) is 5.32 Å². The van der Waals surface area contributed by atoms with Gasteiger partial charge in [-0.2, -0.15) is 0 Å². The SMILES string of the molecule is CC(Cc1ccc2c(c1)N=C(N)C(C)O2)NCc1ccccc1.Cl.Cl. The molecule has 4 nitrogen and oxygen atoms in total. The van der Waals surface area contributed by atoms with Crippen LogP contribution in [0.5, 0.6) is 5.75 Å². The Morgan fingerprint density at radius 2 is 1.84 bits per heavy atom. The first kappa shape index (κ1) is 21.3. The van der Waals surface area contributed by atoms with Crippen molar-refractivity contribution in [2.24, 2.45) is 10.7 Å². The van der Waals surface area contributed by atoms with E-state index in [2.05, 4.69) is 53.6 Å². The lowest BCUT2D eigenvalue weighted by Crippen LogP contribution is -2.33. The number of halogens is 2. The fourth-order valence-electron chi connectivity index (χ4n) is 2.67. The summed E-state index contributed by atoms with van der Waals surface area (Å²) in [5, 5.41) is 3.55. The number of nitrogens with two attached hydrogens (primary N) is 1. The van der Waals surface area contributed by atoms with Crippen molar-refractivity contribution >= 4 is 36.3 Å². The van der Waals surface area contributed by atoms with E-state index >= 15 is 0 Å². The Balaban J connectivity index is 0.00000156. The predicted octanol–water partition coefficient (Wildman–Crippen LogP) is 4.02. The van der Waals surface area contributed by atoms with E-state index < -0.39 is 0 Å². The van der Waals surface area contributed by atoms with E-state index in [1.54, 1.807) is 0 Å². The van der Waals surface area contributed by atoms with E-state index in [0.29, 0.717) is 11.9 Å². The molecule has 6 heteroatoms. The van der Waals surface area contributed by atoms with E-state index in [4.69, 9.17) is 10.5 Å². The first-order valence-electron chi connectivity index (χ1n) is 8.03. The van der Waals surface area contributed by atoms with Gasteiger partial charge < -0.3 is 15.8 Å². The molecular weight excluding hydrogens is 357 g/mol.